The molecule has 8 heteroatoms. The highest BCUT2D eigenvalue weighted by Gasteiger charge is 2.17. The van der Waals surface area contributed by atoms with E-state index in [9.17, 15) is 4.79 Å². The molecule has 0 unspecified atom stereocenters. The zero-order valence-corrected chi connectivity index (χ0v) is 14.6. The van der Waals surface area contributed by atoms with Gasteiger partial charge in [0.15, 0.2) is 18.1 Å². The van der Waals surface area contributed by atoms with E-state index >= 15 is 0 Å². The van der Waals surface area contributed by atoms with E-state index in [1.165, 1.54) is 0 Å². The van der Waals surface area contributed by atoms with Crippen LogP contribution in [0.2, 0.25) is 0 Å². The number of hydrogen-bond donors (Lipinski definition) is 1. The first-order valence-corrected chi connectivity index (χ1v) is 8.47. The van der Waals surface area contributed by atoms with Gasteiger partial charge in [-0.25, -0.2) is 0 Å². The van der Waals surface area contributed by atoms with Gasteiger partial charge in [-0.05, 0) is 37.3 Å². The number of nitrogens with zero attached hydrogens (tertiary/aromatic N) is 2. The van der Waals surface area contributed by atoms with Crippen molar-refractivity contribution in [3.8, 4) is 28.6 Å². The molecule has 1 amide bonds. The van der Waals surface area contributed by atoms with Gasteiger partial charge in [0.2, 0.25) is 12.6 Å². The predicted molar refractivity (Wildman–Crippen MR) is 94.6 cm³/mol. The monoisotopic (exact) mass is 367 g/mol. The van der Waals surface area contributed by atoms with Crippen LogP contribution < -0.4 is 19.5 Å². The number of hydrogen-bond acceptors (Lipinski definition) is 7. The van der Waals surface area contributed by atoms with Gasteiger partial charge in [-0.15, -0.1) is 0 Å². The van der Waals surface area contributed by atoms with Crippen LogP contribution in [0.15, 0.2) is 47.0 Å². The number of ether oxygens (including phenoxy) is 3. The molecular formula is C19H17N3O5. The van der Waals surface area contributed by atoms with E-state index < -0.39 is 0 Å². The van der Waals surface area contributed by atoms with Gasteiger partial charge in [0.05, 0.1) is 5.56 Å². The van der Waals surface area contributed by atoms with Crippen molar-refractivity contribution in [3.05, 3.63) is 53.9 Å². The third-order valence-corrected chi connectivity index (χ3v) is 3.92. The molecule has 3 aromatic rings. The van der Waals surface area contributed by atoms with Gasteiger partial charge < -0.3 is 24.1 Å². The summed E-state index contributed by atoms with van der Waals surface area (Å²) >= 11 is 0. The number of nitrogens with one attached hydrogen (secondary N) is 1. The largest absolute Gasteiger partial charge is 0.483 e. The van der Waals surface area contributed by atoms with Gasteiger partial charge >= 0.3 is 0 Å². The Morgan fingerprint density at radius 2 is 2.04 bits per heavy atom. The van der Waals surface area contributed by atoms with Crippen LogP contribution in [0.25, 0.3) is 11.4 Å². The number of para-hydroxylation sites is 1. The average Bonchev–Trinajstić information content (AvgIpc) is 3.35. The lowest BCUT2D eigenvalue weighted by molar-refractivity contribution is 0.0950. The molecule has 0 bridgehead atoms. The predicted octanol–water partition coefficient (Wildman–Crippen LogP) is 2.79. The van der Waals surface area contributed by atoms with E-state index in [0.29, 0.717) is 41.1 Å². The number of carbonyl (C=O) groups excluding carboxylic acids is 1. The lowest BCUT2D eigenvalue weighted by Gasteiger charge is -2.09. The summed E-state index contributed by atoms with van der Waals surface area (Å²) in [6.45, 7) is 2.65. The third kappa shape index (κ3) is 3.55. The Kier molecular flexibility index (Phi) is 4.61. The van der Waals surface area contributed by atoms with Crippen molar-refractivity contribution in [2.24, 2.45) is 0 Å². The van der Waals surface area contributed by atoms with Gasteiger partial charge in [-0.3, -0.25) is 4.79 Å². The second-order valence-corrected chi connectivity index (χ2v) is 5.72. The SMILES string of the molecule is CCNC(=O)c1ccccc1OCc1nc(-c2ccc3c(c2)OCO3)no1. The molecule has 0 atom stereocenters. The van der Waals surface area contributed by atoms with E-state index in [1.807, 2.05) is 13.0 Å². The molecule has 0 aliphatic carbocycles. The first-order valence-electron chi connectivity index (χ1n) is 8.47. The Balaban J connectivity index is 1.47. The van der Waals surface area contributed by atoms with Crippen LogP contribution >= 0.6 is 0 Å². The van der Waals surface area contributed by atoms with Crippen LogP contribution in [-0.2, 0) is 6.61 Å². The fourth-order valence-corrected chi connectivity index (χ4v) is 2.64. The van der Waals surface area contributed by atoms with Crippen molar-refractivity contribution in [3.63, 3.8) is 0 Å². The highest BCUT2D eigenvalue weighted by molar-refractivity contribution is 5.96. The number of carbonyl (C=O) groups is 1. The minimum absolute atomic E-state index is 0.0496. The van der Waals surface area contributed by atoms with Gasteiger partial charge in [0.25, 0.3) is 11.8 Å². The molecule has 1 aliphatic heterocycles. The summed E-state index contributed by atoms with van der Waals surface area (Å²) in [5, 5.41) is 6.72. The third-order valence-electron chi connectivity index (χ3n) is 3.92. The number of rotatable bonds is 6. The first kappa shape index (κ1) is 16.9. The molecule has 1 aromatic heterocycles. The molecule has 0 fully saturated rings. The Morgan fingerprint density at radius 1 is 1.19 bits per heavy atom. The minimum atomic E-state index is -0.195. The van der Waals surface area contributed by atoms with Gasteiger partial charge in [-0.2, -0.15) is 4.98 Å². The average molecular weight is 367 g/mol. The van der Waals surface area contributed by atoms with Crippen LogP contribution in [0.5, 0.6) is 17.2 Å². The van der Waals surface area contributed by atoms with Crippen LogP contribution in [0.4, 0.5) is 0 Å². The maximum absolute atomic E-state index is 12.1. The normalized spacial score (nSPS) is 12.0. The molecule has 0 saturated carbocycles. The van der Waals surface area contributed by atoms with E-state index in [2.05, 4.69) is 15.5 Å². The molecule has 2 aromatic carbocycles. The van der Waals surface area contributed by atoms with E-state index in [4.69, 9.17) is 18.7 Å². The molecule has 1 N–H and O–H groups in total. The lowest BCUT2D eigenvalue weighted by atomic mass is 10.2. The van der Waals surface area contributed by atoms with Crippen molar-refractivity contribution in [2.45, 2.75) is 13.5 Å². The smallest absolute Gasteiger partial charge is 0.264 e. The molecule has 0 spiro atoms. The minimum Gasteiger partial charge on any atom is -0.483 e. The van der Waals surface area contributed by atoms with Gasteiger partial charge in [0, 0.05) is 12.1 Å². The summed E-state index contributed by atoms with van der Waals surface area (Å²) in [7, 11) is 0. The van der Waals surface area contributed by atoms with E-state index in [-0.39, 0.29) is 19.3 Å². The van der Waals surface area contributed by atoms with Crippen LogP contribution in [-0.4, -0.2) is 29.4 Å². The van der Waals surface area contributed by atoms with Crippen molar-refractivity contribution in [1.82, 2.24) is 15.5 Å². The van der Waals surface area contributed by atoms with Crippen LogP contribution in [0.1, 0.15) is 23.2 Å². The zero-order chi connectivity index (χ0) is 18.6. The molecular weight excluding hydrogens is 350 g/mol. The van der Waals surface area contributed by atoms with E-state index in [1.54, 1.807) is 36.4 Å². The number of amides is 1. The van der Waals surface area contributed by atoms with Crippen molar-refractivity contribution in [2.75, 3.05) is 13.3 Å². The van der Waals surface area contributed by atoms with Crippen LogP contribution in [0, 0.1) is 0 Å². The fraction of sp³-hybridized carbons (Fsp3) is 0.211. The molecule has 0 saturated heterocycles. The second kappa shape index (κ2) is 7.36. The second-order valence-electron chi connectivity index (χ2n) is 5.72. The van der Waals surface area contributed by atoms with E-state index in [0.717, 1.165) is 5.56 Å². The summed E-state index contributed by atoms with van der Waals surface area (Å²) in [5.41, 5.74) is 1.20. The van der Waals surface area contributed by atoms with Crippen molar-refractivity contribution >= 4 is 5.91 Å². The summed E-state index contributed by atoms with van der Waals surface area (Å²) in [4.78, 5) is 16.4. The Hall–Kier alpha value is -3.55. The number of fused-ring (bicyclic) bond motifs is 1. The van der Waals surface area contributed by atoms with Crippen LogP contribution in [0.3, 0.4) is 0 Å². The highest BCUT2D eigenvalue weighted by Crippen LogP contribution is 2.35. The fourth-order valence-electron chi connectivity index (χ4n) is 2.64. The highest BCUT2D eigenvalue weighted by atomic mass is 16.7. The molecule has 1 aliphatic rings. The maximum atomic E-state index is 12.1. The summed E-state index contributed by atoms with van der Waals surface area (Å²) in [6.07, 6.45) is 0. The first-order chi connectivity index (χ1) is 13.2. The number of benzene rings is 2. The topological polar surface area (TPSA) is 95.7 Å². The zero-order valence-electron chi connectivity index (χ0n) is 14.6. The van der Waals surface area contributed by atoms with Gasteiger partial charge in [0.1, 0.15) is 5.75 Å². The quantitative estimate of drug-likeness (QED) is 0.716. The Bertz CT molecular complexity index is 969. The van der Waals surface area contributed by atoms with Crippen molar-refractivity contribution in [1.29, 1.82) is 0 Å². The Morgan fingerprint density at radius 3 is 2.93 bits per heavy atom. The van der Waals surface area contributed by atoms with Crippen molar-refractivity contribution < 1.29 is 23.5 Å². The molecule has 4 rings (SSSR count). The molecule has 27 heavy (non-hydrogen) atoms. The number of aromatic nitrogens is 2. The van der Waals surface area contributed by atoms with Gasteiger partial charge in [-0.1, -0.05) is 17.3 Å². The lowest BCUT2D eigenvalue weighted by Crippen LogP contribution is -2.23. The Labute approximate surface area is 155 Å². The summed E-state index contributed by atoms with van der Waals surface area (Å²) in [5.74, 6) is 2.31. The molecule has 8 nitrogen and oxygen atoms in total. The summed E-state index contributed by atoms with van der Waals surface area (Å²) in [6, 6.07) is 12.4. The molecule has 138 valence electrons. The molecule has 2 heterocycles. The summed E-state index contributed by atoms with van der Waals surface area (Å²) < 4.78 is 21.6. The molecule has 0 radical (unpaired) electrons. The maximum Gasteiger partial charge on any atom is 0.264 e. The standard InChI is InChI=1S/C19H17N3O5/c1-2-20-19(23)13-5-3-4-6-14(13)24-10-17-21-18(22-27-17)12-7-8-15-16(9-12)26-11-25-15/h3-9H,2,10-11H2,1H3,(H,20,23).